The second-order valence-electron chi connectivity index (χ2n) is 3.22. The van der Waals surface area contributed by atoms with Crippen LogP contribution in [0.25, 0.3) is 0 Å². The summed E-state index contributed by atoms with van der Waals surface area (Å²) < 4.78 is 0. The lowest BCUT2D eigenvalue weighted by Crippen LogP contribution is -2.11. The van der Waals surface area contributed by atoms with Gasteiger partial charge in [0.05, 0.1) is 0 Å². The van der Waals surface area contributed by atoms with E-state index in [2.05, 4.69) is 18.8 Å². The van der Waals surface area contributed by atoms with Gasteiger partial charge in [-0.3, -0.25) is 4.99 Å². The Morgan fingerprint density at radius 3 is 2.50 bits per heavy atom. The molecule has 0 atom stereocenters. The van der Waals surface area contributed by atoms with Gasteiger partial charge in [-0.1, -0.05) is 6.92 Å². The molecule has 0 N–H and O–H groups in total. The SMILES string of the molecule is CCN=C1CCC(C)CC1. The monoisotopic (exact) mass is 139 g/mol. The van der Waals surface area contributed by atoms with E-state index in [0.29, 0.717) is 0 Å². The highest BCUT2D eigenvalue weighted by molar-refractivity contribution is 5.85. The molecule has 0 radical (unpaired) electrons. The summed E-state index contributed by atoms with van der Waals surface area (Å²) in [5.74, 6) is 0.941. The van der Waals surface area contributed by atoms with E-state index in [0.717, 1.165) is 12.5 Å². The van der Waals surface area contributed by atoms with Crippen molar-refractivity contribution in [2.45, 2.75) is 39.5 Å². The minimum atomic E-state index is 0.941. The summed E-state index contributed by atoms with van der Waals surface area (Å²) in [4.78, 5) is 4.43. The minimum absolute atomic E-state index is 0.941. The highest BCUT2D eigenvalue weighted by Gasteiger charge is 2.12. The molecule has 0 spiro atoms. The zero-order valence-corrected chi connectivity index (χ0v) is 7.06. The van der Waals surface area contributed by atoms with E-state index in [1.54, 1.807) is 0 Å². The number of hydrogen-bond acceptors (Lipinski definition) is 1. The Labute approximate surface area is 63.5 Å². The van der Waals surface area contributed by atoms with Gasteiger partial charge in [-0.2, -0.15) is 0 Å². The molecule has 0 aliphatic heterocycles. The normalized spacial score (nSPS) is 26.6. The standard InChI is InChI=1S/C9H17N/c1-3-10-9-6-4-8(2)5-7-9/h8H,3-7H2,1-2H3. The van der Waals surface area contributed by atoms with Gasteiger partial charge in [0.15, 0.2) is 0 Å². The Morgan fingerprint density at radius 1 is 1.40 bits per heavy atom. The van der Waals surface area contributed by atoms with Crippen LogP contribution in [0.4, 0.5) is 0 Å². The Hall–Kier alpha value is -0.330. The van der Waals surface area contributed by atoms with Crippen molar-refractivity contribution in [3.63, 3.8) is 0 Å². The fraction of sp³-hybridized carbons (Fsp3) is 0.889. The second-order valence-corrected chi connectivity index (χ2v) is 3.22. The molecule has 1 rings (SSSR count). The third-order valence-corrected chi connectivity index (χ3v) is 2.23. The van der Waals surface area contributed by atoms with Crippen LogP contribution >= 0.6 is 0 Å². The molecule has 0 aromatic carbocycles. The van der Waals surface area contributed by atoms with E-state index in [9.17, 15) is 0 Å². The summed E-state index contributed by atoms with van der Waals surface area (Å²) >= 11 is 0. The lowest BCUT2D eigenvalue weighted by Gasteiger charge is -2.18. The maximum Gasteiger partial charge on any atom is 0.0360 e. The minimum Gasteiger partial charge on any atom is -0.294 e. The smallest absolute Gasteiger partial charge is 0.0360 e. The van der Waals surface area contributed by atoms with Crippen LogP contribution in [0.2, 0.25) is 0 Å². The van der Waals surface area contributed by atoms with Crippen molar-refractivity contribution >= 4 is 5.71 Å². The van der Waals surface area contributed by atoms with Gasteiger partial charge in [0.2, 0.25) is 0 Å². The van der Waals surface area contributed by atoms with E-state index in [1.165, 1.54) is 31.4 Å². The summed E-state index contributed by atoms with van der Waals surface area (Å²) in [7, 11) is 0. The summed E-state index contributed by atoms with van der Waals surface area (Å²) in [5.41, 5.74) is 1.46. The van der Waals surface area contributed by atoms with E-state index in [4.69, 9.17) is 0 Å². The van der Waals surface area contributed by atoms with Crippen molar-refractivity contribution in [1.82, 2.24) is 0 Å². The van der Waals surface area contributed by atoms with E-state index < -0.39 is 0 Å². The Balaban J connectivity index is 2.32. The highest BCUT2D eigenvalue weighted by Crippen LogP contribution is 2.21. The van der Waals surface area contributed by atoms with Crippen LogP contribution in [0, 0.1) is 5.92 Å². The molecule has 0 aromatic rings. The lowest BCUT2D eigenvalue weighted by molar-refractivity contribution is 0.482. The number of hydrogen-bond donors (Lipinski definition) is 0. The molecule has 1 fully saturated rings. The molecular weight excluding hydrogens is 122 g/mol. The molecule has 58 valence electrons. The van der Waals surface area contributed by atoms with Crippen molar-refractivity contribution < 1.29 is 0 Å². The molecule has 1 aliphatic carbocycles. The van der Waals surface area contributed by atoms with Crippen molar-refractivity contribution in [2.24, 2.45) is 10.9 Å². The maximum atomic E-state index is 4.43. The highest BCUT2D eigenvalue weighted by atomic mass is 14.7. The van der Waals surface area contributed by atoms with Gasteiger partial charge in [-0.15, -0.1) is 0 Å². The Bertz CT molecular complexity index is 117. The van der Waals surface area contributed by atoms with Crippen LogP contribution in [-0.4, -0.2) is 12.3 Å². The summed E-state index contributed by atoms with van der Waals surface area (Å²) in [6, 6.07) is 0. The lowest BCUT2D eigenvalue weighted by atomic mass is 9.89. The van der Waals surface area contributed by atoms with E-state index >= 15 is 0 Å². The first-order chi connectivity index (χ1) is 4.83. The topological polar surface area (TPSA) is 12.4 Å². The van der Waals surface area contributed by atoms with Crippen LogP contribution in [-0.2, 0) is 0 Å². The summed E-state index contributed by atoms with van der Waals surface area (Å²) in [6.45, 7) is 5.43. The number of aliphatic imine (C=N–C) groups is 1. The third-order valence-electron chi connectivity index (χ3n) is 2.23. The van der Waals surface area contributed by atoms with Crippen molar-refractivity contribution in [3.05, 3.63) is 0 Å². The molecule has 0 bridgehead atoms. The van der Waals surface area contributed by atoms with Gasteiger partial charge < -0.3 is 0 Å². The van der Waals surface area contributed by atoms with E-state index in [-0.39, 0.29) is 0 Å². The van der Waals surface area contributed by atoms with Crippen LogP contribution in [0.1, 0.15) is 39.5 Å². The average molecular weight is 139 g/mol. The quantitative estimate of drug-likeness (QED) is 0.529. The summed E-state index contributed by atoms with van der Waals surface area (Å²) in [5, 5.41) is 0. The molecule has 1 heteroatoms. The van der Waals surface area contributed by atoms with Gasteiger partial charge >= 0.3 is 0 Å². The largest absolute Gasteiger partial charge is 0.294 e. The van der Waals surface area contributed by atoms with Crippen LogP contribution in [0.15, 0.2) is 4.99 Å². The zero-order valence-electron chi connectivity index (χ0n) is 7.06. The molecule has 0 aromatic heterocycles. The fourth-order valence-electron chi connectivity index (χ4n) is 1.48. The summed E-state index contributed by atoms with van der Waals surface area (Å²) in [6.07, 6.45) is 5.24. The number of nitrogens with zero attached hydrogens (tertiary/aromatic N) is 1. The average Bonchev–Trinajstić information content (AvgIpc) is 1.95. The predicted octanol–water partition coefficient (Wildman–Crippen LogP) is 2.66. The molecule has 0 unspecified atom stereocenters. The first-order valence-electron chi connectivity index (χ1n) is 4.35. The van der Waals surface area contributed by atoms with Crippen LogP contribution in [0.3, 0.4) is 0 Å². The molecular formula is C9H17N. The first kappa shape index (κ1) is 7.77. The maximum absolute atomic E-state index is 4.43. The number of rotatable bonds is 1. The molecule has 1 aliphatic rings. The predicted molar refractivity (Wildman–Crippen MR) is 45.6 cm³/mol. The Kier molecular flexibility index (Phi) is 2.91. The van der Waals surface area contributed by atoms with Gasteiger partial charge in [0.25, 0.3) is 0 Å². The third kappa shape index (κ3) is 2.13. The van der Waals surface area contributed by atoms with Crippen molar-refractivity contribution in [3.8, 4) is 0 Å². The molecule has 1 nitrogen and oxygen atoms in total. The van der Waals surface area contributed by atoms with E-state index in [1.807, 2.05) is 0 Å². The second kappa shape index (κ2) is 3.75. The fourth-order valence-corrected chi connectivity index (χ4v) is 1.48. The molecule has 10 heavy (non-hydrogen) atoms. The van der Waals surface area contributed by atoms with Crippen molar-refractivity contribution in [2.75, 3.05) is 6.54 Å². The van der Waals surface area contributed by atoms with Crippen LogP contribution in [0.5, 0.6) is 0 Å². The Morgan fingerprint density at radius 2 is 2.00 bits per heavy atom. The van der Waals surface area contributed by atoms with Gasteiger partial charge in [-0.25, -0.2) is 0 Å². The molecule has 0 saturated heterocycles. The molecule has 0 heterocycles. The van der Waals surface area contributed by atoms with Gasteiger partial charge in [0.1, 0.15) is 0 Å². The molecule has 0 amide bonds. The molecule has 1 saturated carbocycles. The van der Waals surface area contributed by atoms with Gasteiger partial charge in [-0.05, 0) is 38.5 Å². The zero-order chi connectivity index (χ0) is 7.40. The first-order valence-corrected chi connectivity index (χ1v) is 4.35. The van der Waals surface area contributed by atoms with Gasteiger partial charge in [0, 0.05) is 12.3 Å². The van der Waals surface area contributed by atoms with Crippen molar-refractivity contribution in [1.29, 1.82) is 0 Å². The van der Waals surface area contributed by atoms with Crippen LogP contribution < -0.4 is 0 Å².